The van der Waals surface area contributed by atoms with Gasteiger partial charge in [0, 0.05) is 31.2 Å². The molecule has 1 amide bonds. The Kier molecular flexibility index (Phi) is 6.19. The van der Waals surface area contributed by atoms with E-state index in [1.54, 1.807) is 6.08 Å². The van der Waals surface area contributed by atoms with E-state index in [1.165, 1.54) is 5.56 Å². The lowest BCUT2D eigenvalue weighted by Crippen LogP contribution is -2.58. The molecule has 1 aliphatic rings. The molecular formula is C20H30N2O2. The molecule has 24 heavy (non-hydrogen) atoms. The molecule has 0 saturated carbocycles. The van der Waals surface area contributed by atoms with Gasteiger partial charge in [0.05, 0.1) is 12.2 Å². The van der Waals surface area contributed by atoms with Crippen molar-refractivity contribution in [3.63, 3.8) is 0 Å². The van der Waals surface area contributed by atoms with Crippen molar-refractivity contribution in [1.82, 2.24) is 10.2 Å². The van der Waals surface area contributed by atoms with E-state index in [1.807, 2.05) is 31.2 Å². The first-order valence-corrected chi connectivity index (χ1v) is 8.69. The molecule has 0 radical (unpaired) electrons. The van der Waals surface area contributed by atoms with E-state index in [0.717, 1.165) is 18.7 Å². The minimum Gasteiger partial charge on any atom is -0.373 e. The fourth-order valence-electron chi connectivity index (χ4n) is 3.09. The number of nitrogens with zero attached hydrogens (tertiary/aromatic N) is 1. The molecule has 132 valence electrons. The van der Waals surface area contributed by atoms with Crippen LogP contribution in [0.5, 0.6) is 0 Å². The van der Waals surface area contributed by atoms with Crippen molar-refractivity contribution < 1.29 is 9.53 Å². The number of hydrogen-bond acceptors (Lipinski definition) is 3. The molecule has 1 aromatic carbocycles. The maximum absolute atomic E-state index is 12.1. The van der Waals surface area contributed by atoms with Crippen LogP contribution >= 0.6 is 0 Å². The predicted octanol–water partition coefficient (Wildman–Crippen LogP) is 3.01. The highest BCUT2D eigenvalue weighted by Gasteiger charge is 2.33. The normalized spacial score (nSPS) is 22.7. The van der Waals surface area contributed by atoms with Crippen LogP contribution in [0, 0.1) is 6.92 Å². The summed E-state index contributed by atoms with van der Waals surface area (Å²) in [7, 11) is 0. The Hall–Kier alpha value is -1.65. The van der Waals surface area contributed by atoms with Crippen LogP contribution in [0.1, 0.15) is 38.8 Å². The summed E-state index contributed by atoms with van der Waals surface area (Å²) in [5, 5.41) is 3.03. The number of rotatable bonds is 5. The first-order chi connectivity index (χ1) is 11.3. The number of ether oxygens (including phenoxy) is 1. The van der Waals surface area contributed by atoms with Crippen molar-refractivity contribution in [2.24, 2.45) is 0 Å². The Labute approximate surface area is 145 Å². The summed E-state index contributed by atoms with van der Waals surface area (Å²) in [5.41, 5.74) is 2.13. The summed E-state index contributed by atoms with van der Waals surface area (Å²) in [6.07, 6.45) is 3.92. The molecule has 4 heteroatoms. The average molecular weight is 330 g/mol. The van der Waals surface area contributed by atoms with E-state index in [9.17, 15) is 4.79 Å². The standard InChI is InChI=1S/C20H30N2O2/c1-15-7-6-8-18(11-15)9-10-19(23)21-14-20(4,5)22-12-16(2)24-17(3)13-22/h6-11,16-17H,12-14H2,1-5H3,(H,21,23)/b10-9+/t16-,17-/m0/s1. The van der Waals surface area contributed by atoms with Gasteiger partial charge >= 0.3 is 0 Å². The van der Waals surface area contributed by atoms with E-state index in [-0.39, 0.29) is 23.7 Å². The summed E-state index contributed by atoms with van der Waals surface area (Å²) in [6, 6.07) is 8.10. The number of aryl methyl sites for hydroxylation is 1. The zero-order valence-corrected chi connectivity index (χ0v) is 15.5. The second-order valence-electron chi connectivity index (χ2n) is 7.44. The van der Waals surface area contributed by atoms with Gasteiger partial charge in [-0.15, -0.1) is 0 Å². The Morgan fingerprint density at radius 2 is 2.00 bits per heavy atom. The molecule has 0 aromatic heterocycles. The minimum atomic E-state index is -0.0981. The van der Waals surface area contributed by atoms with Crippen molar-refractivity contribution >= 4 is 12.0 Å². The highest BCUT2D eigenvalue weighted by atomic mass is 16.5. The Bertz CT molecular complexity index is 585. The number of carbonyl (C=O) groups excluding carboxylic acids is 1. The first-order valence-electron chi connectivity index (χ1n) is 8.69. The summed E-state index contributed by atoms with van der Waals surface area (Å²) < 4.78 is 5.79. The van der Waals surface area contributed by atoms with Crippen LogP contribution in [-0.4, -0.2) is 48.2 Å². The van der Waals surface area contributed by atoms with Gasteiger partial charge in [0.1, 0.15) is 0 Å². The van der Waals surface area contributed by atoms with E-state index in [2.05, 4.69) is 44.0 Å². The fraction of sp³-hybridized carbons (Fsp3) is 0.550. The van der Waals surface area contributed by atoms with Crippen LogP contribution in [0.15, 0.2) is 30.3 Å². The molecule has 0 aliphatic carbocycles. The van der Waals surface area contributed by atoms with Gasteiger partial charge in [0.25, 0.3) is 0 Å². The summed E-state index contributed by atoms with van der Waals surface area (Å²) in [5.74, 6) is -0.0565. The molecule has 1 heterocycles. The molecule has 0 spiro atoms. The summed E-state index contributed by atoms with van der Waals surface area (Å²) in [6.45, 7) is 13.0. The third kappa shape index (κ3) is 5.46. The molecule has 1 N–H and O–H groups in total. The zero-order chi connectivity index (χ0) is 17.7. The molecule has 0 unspecified atom stereocenters. The van der Waals surface area contributed by atoms with Gasteiger partial charge in [0.15, 0.2) is 0 Å². The summed E-state index contributed by atoms with van der Waals surface area (Å²) >= 11 is 0. The molecular weight excluding hydrogens is 300 g/mol. The Balaban J connectivity index is 1.88. The predicted molar refractivity (Wildman–Crippen MR) is 98.9 cm³/mol. The SMILES string of the molecule is Cc1cccc(/C=C/C(=O)NCC(C)(C)N2C[C@H](C)O[C@@H](C)C2)c1. The van der Waals surface area contributed by atoms with Crippen LogP contribution in [0.4, 0.5) is 0 Å². The molecule has 1 saturated heterocycles. The van der Waals surface area contributed by atoms with Crippen LogP contribution in [0.2, 0.25) is 0 Å². The van der Waals surface area contributed by atoms with Gasteiger partial charge in [-0.25, -0.2) is 0 Å². The highest BCUT2D eigenvalue weighted by molar-refractivity contribution is 5.91. The maximum atomic E-state index is 12.1. The average Bonchev–Trinajstić information content (AvgIpc) is 2.50. The lowest BCUT2D eigenvalue weighted by atomic mass is 10.00. The van der Waals surface area contributed by atoms with Crippen LogP contribution in [0.25, 0.3) is 6.08 Å². The number of carbonyl (C=O) groups is 1. The first kappa shape index (κ1) is 18.7. The lowest BCUT2D eigenvalue weighted by Gasteiger charge is -2.45. The zero-order valence-electron chi connectivity index (χ0n) is 15.5. The molecule has 1 aliphatic heterocycles. The van der Waals surface area contributed by atoms with Gasteiger partial charge in [-0.3, -0.25) is 9.69 Å². The van der Waals surface area contributed by atoms with Crippen LogP contribution in [0.3, 0.4) is 0 Å². The van der Waals surface area contributed by atoms with Gasteiger partial charge in [0.2, 0.25) is 5.91 Å². The fourth-order valence-corrected chi connectivity index (χ4v) is 3.09. The monoisotopic (exact) mass is 330 g/mol. The molecule has 0 bridgehead atoms. The van der Waals surface area contributed by atoms with Crippen molar-refractivity contribution in [1.29, 1.82) is 0 Å². The second-order valence-corrected chi connectivity index (χ2v) is 7.44. The van der Waals surface area contributed by atoms with Gasteiger partial charge < -0.3 is 10.1 Å². The van der Waals surface area contributed by atoms with Crippen molar-refractivity contribution in [3.8, 4) is 0 Å². The van der Waals surface area contributed by atoms with E-state index in [0.29, 0.717) is 6.54 Å². The van der Waals surface area contributed by atoms with Gasteiger partial charge in [-0.05, 0) is 46.3 Å². The third-order valence-electron chi connectivity index (χ3n) is 4.44. The van der Waals surface area contributed by atoms with Crippen molar-refractivity contribution in [3.05, 3.63) is 41.5 Å². The smallest absolute Gasteiger partial charge is 0.244 e. The van der Waals surface area contributed by atoms with Crippen molar-refractivity contribution in [2.45, 2.75) is 52.4 Å². The quantitative estimate of drug-likeness (QED) is 0.844. The summed E-state index contributed by atoms with van der Waals surface area (Å²) in [4.78, 5) is 14.5. The Morgan fingerprint density at radius 3 is 2.62 bits per heavy atom. The number of benzene rings is 1. The topological polar surface area (TPSA) is 41.6 Å². The largest absolute Gasteiger partial charge is 0.373 e. The number of morpholine rings is 1. The molecule has 4 nitrogen and oxygen atoms in total. The Morgan fingerprint density at radius 1 is 1.33 bits per heavy atom. The molecule has 2 rings (SSSR count). The van der Waals surface area contributed by atoms with Gasteiger partial charge in [-0.1, -0.05) is 29.8 Å². The van der Waals surface area contributed by atoms with Crippen LogP contribution < -0.4 is 5.32 Å². The lowest BCUT2D eigenvalue weighted by molar-refractivity contribution is -0.118. The number of nitrogens with one attached hydrogen (secondary N) is 1. The van der Waals surface area contributed by atoms with E-state index < -0.39 is 0 Å². The van der Waals surface area contributed by atoms with Crippen molar-refractivity contribution in [2.75, 3.05) is 19.6 Å². The van der Waals surface area contributed by atoms with Crippen LogP contribution in [-0.2, 0) is 9.53 Å². The maximum Gasteiger partial charge on any atom is 0.244 e. The molecule has 2 atom stereocenters. The second kappa shape index (κ2) is 7.95. The highest BCUT2D eigenvalue weighted by Crippen LogP contribution is 2.20. The number of hydrogen-bond donors (Lipinski definition) is 1. The molecule has 1 aromatic rings. The number of amides is 1. The van der Waals surface area contributed by atoms with Gasteiger partial charge in [-0.2, -0.15) is 0 Å². The van der Waals surface area contributed by atoms with E-state index >= 15 is 0 Å². The van der Waals surface area contributed by atoms with E-state index in [4.69, 9.17) is 4.74 Å². The third-order valence-corrected chi connectivity index (χ3v) is 4.44. The molecule has 1 fully saturated rings. The minimum absolute atomic E-state index is 0.0565.